The maximum atomic E-state index is 11.9. The number of hydrogen-bond acceptors (Lipinski definition) is 3. The number of aromatic nitrogens is 3. The monoisotopic (exact) mass is 296 g/mol. The smallest absolute Gasteiger partial charge is 0.252 e. The Bertz CT molecular complexity index is 830. The Morgan fingerprint density at radius 1 is 1.27 bits per heavy atom. The van der Waals surface area contributed by atoms with Gasteiger partial charge in [0.25, 0.3) is 5.91 Å². The Balaban J connectivity index is 1.52. The van der Waals surface area contributed by atoms with E-state index in [1.165, 1.54) is 18.3 Å². The molecule has 2 N–H and O–H groups in total. The molecule has 0 aliphatic heterocycles. The molecule has 0 bridgehead atoms. The van der Waals surface area contributed by atoms with Crippen LogP contribution in [0.4, 0.5) is 0 Å². The van der Waals surface area contributed by atoms with E-state index >= 15 is 0 Å². The van der Waals surface area contributed by atoms with E-state index in [1.807, 2.05) is 24.4 Å². The molecule has 0 atom stereocenters. The molecule has 3 rings (SSSR count). The van der Waals surface area contributed by atoms with Crippen molar-refractivity contribution < 1.29 is 4.79 Å². The van der Waals surface area contributed by atoms with E-state index in [2.05, 4.69) is 19.9 Å². The number of hydrogen-bond donors (Lipinski definition) is 2. The molecule has 0 aromatic carbocycles. The lowest BCUT2D eigenvalue weighted by atomic mass is 10.2. The first-order valence-electron chi connectivity index (χ1n) is 7.11. The van der Waals surface area contributed by atoms with Crippen LogP contribution in [0.5, 0.6) is 0 Å². The molecule has 0 aliphatic rings. The van der Waals surface area contributed by atoms with Gasteiger partial charge >= 0.3 is 0 Å². The van der Waals surface area contributed by atoms with Crippen molar-refractivity contribution in [3.05, 3.63) is 64.8 Å². The van der Waals surface area contributed by atoms with Crippen LogP contribution in [0, 0.1) is 0 Å². The molecule has 6 nitrogen and oxygen atoms in total. The van der Waals surface area contributed by atoms with Crippen molar-refractivity contribution in [2.75, 3.05) is 6.54 Å². The molecule has 3 aromatic heterocycles. The fraction of sp³-hybridized carbons (Fsp3) is 0.188. The van der Waals surface area contributed by atoms with Gasteiger partial charge in [0.1, 0.15) is 5.65 Å². The Labute approximate surface area is 126 Å². The predicted molar refractivity (Wildman–Crippen MR) is 83.7 cm³/mol. The molecular weight excluding hydrogens is 280 g/mol. The summed E-state index contributed by atoms with van der Waals surface area (Å²) in [6.07, 6.45) is 5.99. The van der Waals surface area contributed by atoms with E-state index in [9.17, 15) is 9.59 Å². The number of H-pyrrole nitrogens is 1. The highest BCUT2D eigenvalue weighted by atomic mass is 16.1. The third-order valence-corrected chi connectivity index (χ3v) is 3.43. The van der Waals surface area contributed by atoms with Crippen LogP contribution < -0.4 is 10.9 Å². The number of nitrogens with zero attached hydrogens (tertiary/aromatic N) is 2. The molecule has 3 aromatic rings. The number of aryl methyl sites for hydroxylation is 1. The Morgan fingerprint density at radius 3 is 3.00 bits per heavy atom. The van der Waals surface area contributed by atoms with E-state index in [-0.39, 0.29) is 11.5 Å². The van der Waals surface area contributed by atoms with Crippen LogP contribution in [-0.2, 0) is 6.54 Å². The zero-order chi connectivity index (χ0) is 15.4. The summed E-state index contributed by atoms with van der Waals surface area (Å²) in [5.41, 5.74) is 1.19. The van der Waals surface area contributed by atoms with E-state index < -0.39 is 0 Å². The maximum Gasteiger partial charge on any atom is 0.252 e. The van der Waals surface area contributed by atoms with Gasteiger partial charge in [-0.1, -0.05) is 0 Å². The van der Waals surface area contributed by atoms with Gasteiger partial charge in [0.05, 0.1) is 5.56 Å². The first kappa shape index (κ1) is 14.1. The summed E-state index contributed by atoms with van der Waals surface area (Å²) in [5.74, 6) is -0.188. The summed E-state index contributed by atoms with van der Waals surface area (Å²) in [7, 11) is 0. The lowest BCUT2D eigenvalue weighted by molar-refractivity contribution is 0.0952. The minimum atomic E-state index is -0.219. The average Bonchev–Trinajstić information content (AvgIpc) is 2.95. The van der Waals surface area contributed by atoms with E-state index in [0.29, 0.717) is 12.1 Å². The molecule has 0 unspecified atom stereocenters. The SMILES string of the molecule is O=C(NCCCn1ccc2cccnc21)c1ccc(=O)[nH]c1. The Morgan fingerprint density at radius 2 is 2.18 bits per heavy atom. The summed E-state index contributed by atoms with van der Waals surface area (Å²) in [6.45, 7) is 1.34. The van der Waals surface area contributed by atoms with Gasteiger partial charge in [-0.3, -0.25) is 9.59 Å². The first-order chi connectivity index (χ1) is 10.7. The summed E-state index contributed by atoms with van der Waals surface area (Å²) >= 11 is 0. The third kappa shape index (κ3) is 3.06. The standard InChI is InChI=1S/C16H16N4O2/c21-14-5-4-13(11-19-14)16(22)18-8-2-9-20-10-6-12-3-1-7-17-15(12)20/h1,3-7,10-11H,2,8-9H2,(H,18,22)(H,19,21). The third-order valence-electron chi connectivity index (χ3n) is 3.43. The van der Waals surface area contributed by atoms with E-state index in [4.69, 9.17) is 0 Å². The topological polar surface area (TPSA) is 79.8 Å². The number of rotatable bonds is 5. The van der Waals surface area contributed by atoms with Crippen LogP contribution >= 0.6 is 0 Å². The normalized spacial score (nSPS) is 10.7. The number of pyridine rings is 2. The molecule has 112 valence electrons. The minimum absolute atomic E-state index is 0.188. The van der Waals surface area contributed by atoms with Gasteiger partial charge in [-0.05, 0) is 30.7 Å². The summed E-state index contributed by atoms with van der Waals surface area (Å²) in [4.78, 5) is 29.7. The van der Waals surface area contributed by atoms with Gasteiger partial charge in [0.15, 0.2) is 0 Å². The van der Waals surface area contributed by atoms with Crippen molar-refractivity contribution >= 4 is 16.9 Å². The zero-order valence-corrected chi connectivity index (χ0v) is 12.0. The van der Waals surface area contributed by atoms with Crippen molar-refractivity contribution in [1.29, 1.82) is 0 Å². The quantitative estimate of drug-likeness (QED) is 0.701. The van der Waals surface area contributed by atoms with Crippen LogP contribution in [-0.4, -0.2) is 27.0 Å². The summed E-state index contributed by atoms with van der Waals surface area (Å²) in [5, 5.41) is 3.95. The van der Waals surface area contributed by atoms with Crippen molar-refractivity contribution in [1.82, 2.24) is 19.9 Å². The van der Waals surface area contributed by atoms with Gasteiger partial charge in [-0.25, -0.2) is 4.98 Å². The second kappa shape index (κ2) is 6.26. The zero-order valence-electron chi connectivity index (χ0n) is 12.0. The number of amides is 1. The Hall–Kier alpha value is -2.89. The highest BCUT2D eigenvalue weighted by molar-refractivity contribution is 5.93. The van der Waals surface area contributed by atoms with Crippen LogP contribution in [0.15, 0.2) is 53.7 Å². The number of carbonyl (C=O) groups is 1. The summed E-state index contributed by atoms with van der Waals surface area (Å²) < 4.78 is 2.07. The maximum absolute atomic E-state index is 11.9. The van der Waals surface area contributed by atoms with Crippen molar-refractivity contribution in [2.24, 2.45) is 0 Å². The second-order valence-electron chi connectivity index (χ2n) is 4.98. The molecule has 0 aliphatic carbocycles. The summed E-state index contributed by atoms with van der Waals surface area (Å²) in [6, 6.07) is 8.82. The fourth-order valence-corrected chi connectivity index (χ4v) is 2.31. The number of carbonyl (C=O) groups excluding carboxylic acids is 1. The first-order valence-corrected chi connectivity index (χ1v) is 7.11. The molecule has 0 radical (unpaired) electrons. The molecule has 1 amide bonds. The average molecular weight is 296 g/mol. The van der Waals surface area contributed by atoms with Gasteiger partial charge in [0.2, 0.25) is 5.56 Å². The minimum Gasteiger partial charge on any atom is -0.352 e. The predicted octanol–water partition coefficient (Wildman–Crippen LogP) is 1.54. The molecule has 0 saturated carbocycles. The Kier molecular flexibility index (Phi) is 4.00. The lowest BCUT2D eigenvalue weighted by Crippen LogP contribution is -2.25. The van der Waals surface area contributed by atoms with Crippen LogP contribution in [0.25, 0.3) is 11.0 Å². The molecular formula is C16H16N4O2. The highest BCUT2D eigenvalue weighted by Gasteiger charge is 2.05. The molecule has 6 heteroatoms. The molecule has 22 heavy (non-hydrogen) atoms. The van der Waals surface area contributed by atoms with Crippen LogP contribution in [0.1, 0.15) is 16.8 Å². The molecule has 3 heterocycles. The molecule has 0 fully saturated rings. The molecule has 0 saturated heterocycles. The van der Waals surface area contributed by atoms with E-state index in [1.54, 1.807) is 6.20 Å². The van der Waals surface area contributed by atoms with E-state index in [0.717, 1.165) is 24.0 Å². The highest BCUT2D eigenvalue weighted by Crippen LogP contribution is 2.12. The fourth-order valence-electron chi connectivity index (χ4n) is 2.31. The number of aromatic amines is 1. The van der Waals surface area contributed by atoms with Crippen LogP contribution in [0.2, 0.25) is 0 Å². The van der Waals surface area contributed by atoms with Crippen molar-refractivity contribution in [3.8, 4) is 0 Å². The van der Waals surface area contributed by atoms with Crippen molar-refractivity contribution in [3.63, 3.8) is 0 Å². The number of nitrogens with one attached hydrogen (secondary N) is 2. The van der Waals surface area contributed by atoms with Crippen molar-refractivity contribution in [2.45, 2.75) is 13.0 Å². The van der Waals surface area contributed by atoms with Gasteiger partial charge in [-0.2, -0.15) is 0 Å². The van der Waals surface area contributed by atoms with Gasteiger partial charge in [0, 0.05) is 43.1 Å². The van der Waals surface area contributed by atoms with Crippen LogP contribution in [0.3, 0.4) is 0 Å². The second-order valence-corrected chi connectivity index (χ2v) is 4.98. The number of fused-ring (bicyclic) bond motifs is 1. The van der Waals surface area contributed by atoms with Gasteiger partial charge in [-0.15, -0.1) is 0 Å². The molecule has 0 spiro atoms. The largest absolute Gasteiger partial charge is 0.352 e. The lowest BCUT2D eigenvalue weighted by Gasteiger charge is -2.06. The van der Waals surface area contributed by atoms with Gasteiger partial charge < -0.3 is 14.9 Å².